The molecule has 2 aromatic carbocycles. The molecular weight excluding hydrogens is 308 g/mol. The van der Waals surface area contributed by atoms with Gasteiger partial charge in [-0.15, -0.1) is 0 Å². The van der Waals surface area contributed by atoms with E-state index in [1.54, 1.807) is 6.07 Å². The van der Waals surface area contributed by atoms with Gasteiger partial charge in [-0.3, -0.25) is 0 Å². The van der Waals surface area contributed by atoms with E-state index in [2.05, 4.69) is 12.2 Å². The van der Waals surface area contributed by atoms with Gasteiger partial charge in [-0.05, 0) is 49.6 Å². The Morgan fingerprint density at radius 1 is 1.05 bits per heavy atom. The fourth-order valence-electron chi connectivity index (χ4n) is 2.42. The van der Waals surface area contributed by atoms with Crippen molar-refractivity contribution in [1.29, 1.82) is 0 Å². The van der Waals surface area contributed by atoms with Crippen molar-refractivity contribution in [1.82, 2.24) is 5.32 Å². The van der Waals surface area contributed by atoms with E-state index >= 15 is 0 Å². The lowest BCUT2D eigenvalue weighted by Gasteiger charge is -2.21. The second kappa shape index (κ2) is 7.26. The minimum Gasteiger partial charge on any atom is -0.307 e. The first-order valence-electron chi connectivity index (χ1n) is 6.91. The van der Waals surface area contributed by atoms with Crippen LogP contribution in [0.3, 0.4) is 0 Å². The van der Waals surface area contributed by atoms with Gasteiger partial charge in [0.2, 0.25) is 0 Å². The lowest BCUT2D eigenvalue weighted by Crippen LogP contribution is -2.31. The highest BCUT2D eigenvalue weighted by Gasteiger charge is 2.14. The van der Waals surface area contributed by atoms with Gasteiger partial charge in [0.1, 0.15) is 5.82 Å². The van der Waals surface area contributed by atoms with E-state index in [0.29, 0.717) is 5.02 Å². The Labute approximate surface area is 135 Å². The quantitative estimate of drug-likeness (QED) is 0.774. The first-order chi connectivity index (χ1) is 9.97. The van der Waals surface area contributed by atoms with Crippen LogP contribution in [-0.4, -0.2) is 6.04 Å². The molecule has 0 aliphatic heterocycles. The molecule has 0 bridgehead atoms. The molecule has 0 aliphatic carbocycles. The fourth-order valence-corrected chi connectivity index (χ4v) is 2.97. The summed E-state index contributed by atoms with van der Waals surface area (Å²) < 4.78 is 13.1. The van der Waals surface area contributed by atoms with Crippen LogP contribution in [0.4, 0.5) is 4.39 Å². The molecule has 2 rings (SSSR count). The van der Waals surface area contributed by atoms with Crippen molar-refractivity contribution in [3.05, 3.63) is 69.5 Å². The Bertz CT molecular complexity index is 615. The second-order valence-corrected chi connectivity index (χ2v) is 6.07. The van der Waals surface area contributed by atoms with Crippen molar-refractivity contribution in [2.45, 2.75) is 32.4 Å². The molecule has 0 radical (unpaired) electrons. The van der Waals surface area contributed by atoms with Crippen molar-refractivity contribution >= 4 is 23.2 Å². The number of rotatable bonds is 5. The Morgan fingerprint density at radius 3 is 2.43 bits per heavy atom. The molecule has 0 spiro atoms. The Hall–Kier alpha value is -1.09. The van der Waals surface area contributed by atoms with Gasteiger partial charge in [0.05, 0.1) is 0 Å². The van der Waals surface area contributed by atoms with Crippen molar-refractivity contribution in [2.75, 3.05) is 0 Å². The van der Waals surface area contributed by atoms with Crippen LogP contribution >= 0.6 is 23.2 Å². The molecule has 0 amide bonds. The fraction of sp³-hybridized carbons (Fsp3) is 0.294. The zero-order valence-electron chi connectivity index (χ0n) is 12.0. The SMILES string of the molecule is CC(Cc1ccccc1Cl)NC(C)c1ccc(F)cc1Cl. The second-order valence-electron chi connectivity index (χ2n) is 5.25. The molecule has 4 heteroatoms. The van der Waals surface area contributed by atoms with E-state index in [0.717, 1.165) is 22.6 Å². The van der Waals surface area contributed by atoms with Crippen molar-refractivity contribution in [3.63, 3.8) is 0 Å². The summed E-state index contributed by atoms with van der Waals surface area (Å²) in [5.74, 6) is -0.319. The topological polar surface area (TPSA) is 12.0 Å². The van der Waals surface area contributed by atoms with Gasteiger partial charge in [0.15, 0.2) is 0 Å². The molecule has 0 heterocycles. The van der Waals surface area contributed by atoms with Crippen molar-refractivity contribution in [2.24, 2.45) is 0 Å². The molecule has 2 aromatic rings. The van der Waals surface area contributed by atoms with E-state index in [1.165, 1.54) is 12.1 Å². The third-order valence-electron chi connectivity index (χ3n) is 3.45. The van der Waals surface area contributed by atoms with Crippen LogP contribution in [0.2, 0.25) is 10.0 Å². The van der Waals surface area contributed by atoms with Gasteiger partial charge in [-0.1, -0.05) is 47.5 Å². The highest BCUT2D eigenvalue weighted by molar-refractivity contribution is 6.31. The van der Waals surface area contributed by atoms with E-state index in [9.17, 15) is 4.39 Å². The van der Waals surface area contributed by atoms with E-state index < -0.39 is 0 Å². The molecule has 2 unspecified atom stereocenters. The lowest BCUT2D eigenvalue weighted by atomic mass is 10.0. The smallest absolute Gasteiger partial charge is 0.124 e. The molecule has 1 nitrogen and oxygen atoms in total. The molecule has 0 aliphatic rings. The number of hydrogen-bond acceptors (Lipinski definition) is 1. The van der Waals surface area contributed by atoms with Gasteiger partial charge < -0.3 is 5.32 Å². The summed E-state index contributed by atoms with van der Waals surface area (Å²) in [6, 6.07) is 12.6. The average Bonchev–Trinajstić information content (AvgIpc) is 2.41. The Balaban J connectivity index is 2.02. The van der Waals surface area contributed by atoms with Gasteiger partial charge in [-0.2, -0.15) is 0 Å². The van der Waals surface area contributed by atoms with Crippen LogP contribution in [0, 0.1) is 5.82 Å². The van der Waals surface area contributed by atoms with Crippen LogP contribution in [-0.2, 0) is 6.42 Å². The van der Waals surface area contributed by atoms with Crippen molar-refractivity contribution in [3.8, 4) is 0 Å². The standard InChI is InChI=1S/C17H18Cl2FN/c1-11(9-13-5-3-4-6-16(13)18)21-12(2)15-8-7-14(20)10-17(15)19/h3-8,10-12,21H,9H2,1-2H3. The van der Waals surface area contributed by atoms with Crippen LogP contribution in [0.1, 0.15) is 31.0 Å². The Morgan fingerprint density at radius 2 is 1.76 bits per heavy atom. The third-order valence-corrected chi connectivity index (χ3v) is 4.14. The van der Waals surface area contributed by atoms with Gasteiger partial charge in [0, 0.05) is 22.1 Å². The zero-order valence-corrected chi connectivity index (χ0v) is 13.5. The molecule has 0 saturated carbocycles. The highest BCUT2D eigenvalue weighted by Crippen LogP contribution is 2.24. The summed E-state index contributed by atoms with van der Waals surface area (Å²) in [7, 11) is 0. The van der Waals surface area contributed by atoms with Crippen LogP contribution in [0.5, 0.6) is 0 Å². The molecule has 0 saturated heterocycles. The third kappa shape index (κ3) is 4.44. The maximum absolute atomic E-state index is 13.1. The number of benzene rings is 2. The predicted octanol–water partition coefficient (Wildman–Crippen LogP) is 5.41. The van der Waals surface area contributed by atoms with E-state index in [4.69, 9.17) is 23.2 Å². The van der Waals surface area contributed by atoms with Gasteiger partial charge in [-0.25, -0.2) is 4.39 Å². The molecule has 0 fully saturated rings. The minimum atomic E-state index is -0.319. The summed E-state index contributed by atoms with van der Waals surface area (Å²) in [5.41, 5.74) is 2.00. The summed E-state index contributed by atoms with van der Waals surface area (Å²) in [4.78, 5) is 0. The first kappa shape index (κ1) is 16.3. The zero-order chi connectivity index (χ0) is 15.4. The minimum absolute atomic E-state index is 0.0376. The van der Waals surface area contributed by atoms with Crippen LogP contribution < -0.4 is 5.32 Å². The first-order valence-corrected chi connectivity index (χ1v) is 7.67. The molecule has 2 atom stereocenters. The summed E-state index contributed by atoms with van der Waals surface area (Å²) in [6.45, 7) is 4.11. The molecule has 21 heavy (non-hydrogen) atoms. The lowest BCUT2D eigenvalue weighted by molar-refractivity contribution is 0.476. The van der Waals surface area contributed by atoms with Gasteiger partial charge in [0.25, 0.3) is 0 Å². The van der Waals surface area contributed by atoms with Gasteiger partial charge >= 0.3 is 0 Å². The summed E-state index contributed by atoms with van der Waals surface area (Å²) in [6.07, 6.45) is 0.822. The van der Waals surface area contributed by atoms with Crippen molar-refractivity contribution < 1.29 is 4.39 Å². The predicted molar refractivity (Wildman–Crippen MR) is 87.6 cm³/mol. The van der Waals surface area contributed by atoms with Crippen LogP contribution in [0.25, 0.3) is 0 Å². The van der Waals surface area contributed by atoms with E-state index in [1.807, 2.05) is 31.2 Å². The largest absolute Gasteiger partial charge is 0.307 e. The molecular formula is C17H18Cl2FN. The maximum atomic E-state index is 13.1. The molecule has 1 N–H and O–H groups in total. The summed E-state index contributed by atoms with van der Waals surface area (Å²) in [5, 5.41) is 4.69. The molecule has 112 valence electrons. The number of nitrogens with one attached hydrogen (secondary N) is 1. The normalized spacial score (nSPS) is 14.0. The summed E-state index contributed by atoms with van der Waals surface area (Å²) >= 11 is 12.3. The number of halogens is 3. The molecule has 0 aromatic heterocycles. The monoisotopic (exact) mass is 325 g/mol. The van der Waals surface area contributed by atoms with E-state index in [-0.39, 0.29) is 17.9 Å². The van der Waals surface area contributed by atoms with Crippen LogP contribution in [0.15, 0.2) is 42.5 Å². The Kier molecular flexibility index (Phi) is 5.63. The average molecular weight is 326 g/mol. The highest BCUT2D eigenvalue weighted by atomic mass is 35.5. The number of hydrogen-bond donors (Lipinski definition) is 1. The maximum Gasteiger partial charge on any atom is 0.124 e.